The Morgan fingerprint density at radius 2 is 2.11 bits per heavy atom. The Morgan fingerprint density at radius 1 is 1.17 bits per heavy atom. The summed E-state index contributed by atoms with van der Waals surface area (Å²) in [6.45, 7) is 2.10. The highest BCUT2D eigenvalue weighted by molar-refractivity contribution is 5.69. The maximum atomic E-state index is 5.78. The summed E-state index contributed by atoms with van der Waals surface area (Å²) in [6, 6.07) is 0. The van der Waals surface area contributed by atoms with Crippen LogP contribution in [0, 0.1) is 0 Å². The van der Waals surface area contributed by atoms with Crippen LogP contribution in [0.3, 0.4) is 0 Å². The Balaban J connectivity index is 1.80. The van der Waals surface area contributed by atoms with Gasteiger partial charge >= 0.3 is 0 Å². The van der Waals surface area contributed by atoms with E-state index < -0.39 is 0 Å². The molecule has 1 aromatic rings. The van der Waals surface area contributed by atoms with E-state index in [1.807, 2.05) is 0 Å². The predicted molar refractivity (Wildman–Crippen MR) is 70.9 cm³/mol. The van der Waals surface area contributed by atoms with Crippen LogP contribution in [0.5, 0.6) is 0 Å². The van der Waals surface area contributed by atoms with Gasteiger partial charge in [-0.15, -0.1) is 10.2 Å². The lowest BCUT2D eigenvalue weighted by atomic mass is 9.97. The molecule has 0 fully saturated rings. The van der Waals surface area contributed by atoms with Gasteiger partial charge in [-0.05, 0) is 26.2 Å². The standard InChI is InChI=1S/C15H16N2O/c1-11-7-9-13(10-8-11)15-17-16-14(18-15)12-5-3-2-4-6-12/h3,5-9,13H,2,4,10H2,1H3. The molecule has 1 aromatic heterocycles. The first-order valence-electron chi connectivity index (χ1n) is 6.38. The Bertz CT molecular complexity index is 561. The summed E-state index contributed by atoms with van der Waals surface area (Å²) in [5.74, 6) is 1.58. The van der Waals surface area contributed by atoms with Crippen molar-refractivity contribution < 1.29 is 4.42 Å². The van der Waals surface area contributed by atoms with Gasteiger partial charge in [0.1, 0.15) is 0 Å². The molecule has 0 N–H and O–H groups in total. The third kappa shape index (κ3) is 2.21. The topological polar surface area (TPSA) is 38.9 Å². The molecule has 3 nitrogen and oxygen atoms in total. The largest absolute Gasteiger partial charge is 0.420 e. The van der Waals surface area contributed by atoms with Crippen LogP contribution < -0.4 is 0 Å². The van der Waals surface area contributed by atoms with E-state index in [1.54, 1.807) is 0 Å². The van der Waals surface area contributed by atoms with Crippen molar-refractivity contribution in [2.24, 2.45) is 0 Å². The van der Waals surface area contributed by atoms with Crippen molar-refractivity contribution in [2.75, 3.05) is 0 Å². The van der Waals surface area contributed by atoms with E-state index in [-0.39, 0.29) is 5.92 Å². The summed E-state index contributed by atoms with van der Waals surface area (Å²) in [6.07, 6.45) is 15.9. The summed E-state index contributed by atoms with van der Waals surface area (Å²) in [7, 11) is 0. The minimum atomic E-state index is 0.225. The zero-order valence-electron chi connectivity index (χ0n) is 10.5. The summed E-state index contributed by atoms with van der Waals surface area (Å²) in [5, 5.41) is 8.31. The Morgan fingerprint density at radius 3 is 2.83 bits per heavy atom. The third-order valence-electron chi connectivity index (χ3n) is 3.28. The number of rotatable bonds is 2. The predicted octanol–water partition coefficient (Wildman–Crippen LogP) is 3.79. The van der Waals surface area contributed by atoms with Gasteiger partial charge in [-0.3, -0.25) is 0 Å². The van der Waals surface area contributed by atoms with Gasteiger partial charge in [0.2, 0.25) is 11.8 Å². The Hall–Kier alpha value is -1.90. The van der Waals surface area contributed by atoms with Crippen LogP contribution in [0.15, 0.2) is 46.4 Å². The van der Waals surface area contributed by atoms with E-state index in [0.717, 1.165) is 24.8 Å². The molecular weight excluding hydrogens is 224 g/mol. The smallest absolute Gasteiger partial charge is 0.247 e. The zero-order valence-corrected chi connectivity index (χ0v) is 10.5. The van der Waals surface area contributed by atoms with E-state index >= 15 is 0 Å². The molecule has 0 aromatic carbocycles. The maximum absolute atomic E-state index is 5.78. The van der Waals surface area contributed by atoms with Crippen LogP contribution in [0.2, 0.25) is 0 Å². The van der Waals surface area contributed by atoms with Crippen molar-refractivity contribution >= 4 is 5.57 Å². The lowest BCUT2D eigenvalue weighted by molar-refractivity contribution is 0.463. The molecule has 3 rings (SSSR count). The van der Waals surface area contributed by atoms with Gasteiger partial charge in [-0.2, -0.15) is 0 Å². The van der Waals surface area contributed by atoms with Crippen LogP contribution in [-0.2, 0) is 0 Å². The molecule has 0 radical (unpaired) electrons. The Kier molecular flexibility index (Phi) is 2.97. The molecule has 2 aliphatic carbocycles. The first-order valence-corrected chi connectivity index (χ1v) is 6.38. The van der Waals surface area contributed by atoms with Gasteiger partial charge in [-0.25, -0.2) is 0 Å². The van der Waals surface area contributed by atoms with Gasteiger partial charge in [0.05, 0.1) is 5.92 Å². The second-order valence-electron chi connectivity index (χ2n) is 4.73. The van der Waals surface area contributed by atoms with Crippen molar-refractivity contribution in [1.29, 1.82) is 0 Å². The summed E-state index contributed by atoms with van der Waals surface area (Å²) in [5.41, 5.74) is 2.34. The Labute approximate surface area is 107 Å². The molecule has 0 amide bonds. The molecule has 0 aliphatic heterocycles. The van der Waals surface area contributed by atoms with Crippen molar-refractivity contribution in [3.8, 4) is 0 Å². The molecule has 18 heavy (non-hydrogen) atoms. The fourth-order valence-electron chi connectivity index (χ4n) is 2.18. The average Bonchev–Trinajstić information content (AvgIpc) is 2.90. The molecule has 92 valence electrons. The number of hydrogen-bond acceptors (Lipinski definition) is 3. The normalized spacial score (nSPS) is 22.8. The van der Waals surface area contributed by atoms with E-state index in [9.17, 15) is 0 Å². The zero-order chi connectivity index (χ0) is 12.4. The second-order valence-corrected chi connectivity index (χ2v) is 4.73. The van der Waals surface area contributed by atoms with E-state index in [0.29, 0.717) is 11.8 Å². The molecule has 3 heteroatoms. The van der Waals surface area contributed by atoms with Crippen LogP contribution in [0.1, 0.15) is 43.9 Å². The van der Waals surface area contributed by atoms with Gasteiger partial charge in [0.25, 0.3) is 0 Å². The van der Waals surface area contributed by atoms with Crippen molar-refractivity contribution in [3.63, 3.8) is 0 Å². The highest BCUT2D eigenvalue weighted by Crippen LogP contribution is 2.28. The van der Waals surface area contributed by atoms with Gasteiger partial charge in [0.15, 0.2) is 0 Å². The van der Waals surface area contributed by atoms with Crippen molar-refractivity contribution in [2.45, 2.75) is 32.1 Å². The van der Waals surface area contributed by atoms with Crippen LogP contribution in [0.4, 0.5) is 0 Å². The molecule has 2 aliphatic rings. The number of allylic oxidation sites excluding steroid dienone is 8. The first kappa shape index (κ1) is 11.2. The summed E-state index contributed by atoms with van der Waals surface area (Å²) >= 11 is 0. The second kappa shape index (κ2) is 4.77. The average molecular weight is 240 g/mol. The highest BCUT2D eigenvalue weighted by Gasteiger charge is 2.18. The molecule has 1 heterocycles. The van der Waals surface area contributed by atoms with Crippen LogP contribution in [0.25, 0.3) is 5.57 Å². The third-order valence-corrected chi connectivity index (χ3v) is 3.28. The fourth-order valence-corrected chi connectivity index (χ4v) is 2.18. The van der Waals surface area contributed by atoms with Gasteiger partial charge in [0, 0.05) is 5.57 Å². The van der Waals surface area contributed by atoms with E-state index in [2.05, 4.69) is 53.6 Å². The minimum Gasteiger partial charge on any atom is -0.420 e. The number of aromatic nitrogens is 2. The molecule has 1 unspecified atom stereocenters. The SMILES string of the molecule is CC1=CCC(c2nnc(C3=CCCC=C3)o2)C=C1. The fraction of sp³-hybridized carbons (Fsp3) is 0.333. The molecule has 0 saturated heterocycles. The van der Waals surface area contributed by atoms with E-state index in [1.165, 1.54) is 5.57 Å². The van der Waals surface area contributed by atoms with Crippen molar-refractivity contribution in [3.05, 3.63) is 53.8 Å². The molecule has 0 saturated carbocycles. The summed E-state index contributed by atoms with van der Waals surface area (Å²) < 4.78 is 5.78. The van der Waals surface area contributed by atoms with Crippen LogP contribution >= 0.6 is 0 Å². The number of nitrogens with zero attached hydrogens (tertiary/aromatic N) is 2. The monoisotopic (exact) mass is 240 g/mol. The first-order chi connectivity index (χ1) is 8.83. The quantitative estimate of drug-likeness (QED) is 0.789. The molecule has 1 atom stereocenters. The lowest BCUT2D eigenvalue weighted by Gasteiger charge is -2.10. The highest BCUT2D eigenvalue weighted by atomic mass is 16.4. The van der Waals surface area contributed by atoms with Crippen LogP contribution in [-0.4, -0.2) is 10.2 Å². The lowest BCUT2D eigenvalue weighted by Crippen LogP contribution is -1.98. The van der Waals surface area contributed by atoms with E-state index in [4.69, 9.17) is 4.42 Å². The molecule has 0 bridgehead atoms. The number of hydrogen-bond donors (Lipinski definition) is 0. The maximum Gasteiger partial charge on any atom is 0.247 e. The van der Waals surface area contributed by atoms with Gasteiger partial charge in [-0.1, -0.05) is 42.0 Å². The summed E-state index contributed by atoms with van der Waals surface area (Å²) in [4.78, 5) is 0. The molecular formula is C15H16N2O. The van der Waals surface area contributed by atoms with Gasteiger partial charge < -0.3 is 4.42 Å². The molecule has 0 spiro atoms. The van der Waals surface area contributed by atoms with Crippen molar-refractivity contribution in [1.82, 2.24) is 10.2 Å². The minimum absolute atomic E-state index is 0.225.